The second-order valence-electron chi connectivity index (χ2n) is 4.84. The number of nitrogens with one attached hydrogen (secondary N) is 1. The molecular weight excluding hydrogens is 216 g/mol. The second-order valence-corrected chi connectivity index (χ2v) is 4.84. The fraction of sp³-hybridized carbons (Fsp3) is 0.917. The Bertz CT molecular complexity index is 227. The van der Waals surface area contributed by atoms with Crippen LogP contribution < -0.4 is 11.1 Å². The van der Waals surface area contributed by atoms with E-state index in [1.54, 1.807) is 0 Å². The number of hydrogen-bond acceptors (Lipinski definition) is 4. The minimum absolute atomic E-state index is 0.329. The molecule has 1 heterocycles. The van der Waals surface area contributed by atoms with Gasteiger partial charge in [0.1, 0.15) is 5.84 Å². The Morgan fingerprint density at radius 2 is 2.12 bits per heavy atom. The van der Waals surface area contributed by atoms with E-state index in [4.69, 9.17) is 10.9 Å². The Labute approximate surface area is 104 Å². The van der Waals surface area contributed by atoms with Crippen molar-refractivity contribution in [2.75, 3.05) is 26.2 Å². The van der Waals surface area contributed by atoms with Crippen molar-refractivity contribution in [2.45, 2.75) is 45.1 Å². The van der Waals surface area contributed by atoms with E-state index < -0.39 is 0 Å². The molecule has 1 unspecified atom stereocenters. The summed E-state index contributed by atoms with van der Waals surface area (Å²) < 4.78 is 0. The van der Waals surface area contributed by atoms with Gasteiger partial charge in [0.05, 0.1) is 0 Å². The van der Waals surface area contributed by atoms with Gasteiger partial charge in [0.15, 0.2) is 0 Å². The number of nitrogens with zero attached hydrogens (tertiary/aromatic N) is 2. The number of hydrogen-bond donors (Lipinski definition) is 3. The van der Waals surface area contributed by atoms with Crippen LogP contribution in [0.4, 0.5) is 0 Å². The van der Waals surface area contributed by atoms with Gasteiger partial charge in [-0.05, 0) is 52.2 Å². The molecule has 0 saturated carbocycles. The molecule has 5 heteroatoms. The summed E-state index contributed by atoms with van der Waals surface area (Å²) in [7, 11) is 0. The molecule has 0 bridgehead atoms. The molecule has 100 valence electrons. The molecule has 1 aliphatic heterocycles. The molecule has 1 aliphatic rings. The lowest BCUT2D eigenvalue weighted by atomic mass is 10.2. The van der Waals surface area contributed by atoms with Crippen molar-refractivity contribution in [3.8, 4) is 0 Å². The Balaban J connectivity index is 1.93. The average molecular weight is 242 g/mol. The fourth-order valence-electron chi connectivity index (χ4n) is 2.23. The molecule has 5 nitrogen and oxygen atoms in total. The SMILES string of the molecule is CC(CNCCCCC(N)=NO)N1CCCC1. The van der Waals surface area contributed by atoms with Gasteiger partial charge in [0, 0.05) is 19.0 Å². The standard InChI is InChI=1S/C12H26N4O/c1-11(16-8-4-5-9-16)10-14-7-3-2-6-12(13)15-17/h11,14,17H,2-10H2,1H3,(H2,13,15). The van der Waals surface area contributed by atoms with E-state index in [1.807, 2.05) is 0 Å². The maximum absolute atomic E-state index is 8.37. The molecule has 0 aromatic rings. The summed E-state index contributed by atoms with van der Waals surface area (Å²) in [5.74, 6) is 0.329. The molecule has 1 atom stereocenters. The number of oxime groups is 1. The summed E-state index contributed by atoms with van der Waals surface area (Å²) in [6.45, 7) is 6.87. The zero-order valence-electron chi connectivity index (χ0n) is 10.9. The summed E-state index contributed by atoms with van der Waals surface area (Å²) >= 11 is 0. The van der Waals surface area contributed by atoms with Crippen LogP contribution in [0.5, 0.6) is 0 Å². The minimum atomic E-state index is 0.329. The lowest BCUT2D eigenvalue weighted by Crippen LogP contribution is -2.38. The monoisotopic (exact) mass is 242 g/mol. The minimum Gasteiger partial charge on any atom is -0.409 e. The molecule has 0 aromatic carbocycles. The Hall–Kier alpha value is -0.810. The summed E-state index contributed by atoms with van der Waals surface area (Å²) in [6, 6.07) is 0.640. The van der Waals surface area contributed by atoms with E-state index in [0.717, 1.165) is 25.9 Å². The number of likely N-dealkylation sites (tertiary alicyclic amines) is 1. The van der Waals surface area contributed by atoms with Crippen molar-refractivity contribution in [3.05, 3.63) is 0 Å². The number of amidine groups is 1. The van der Waals surface area contributed by atoms with Crippen molar-refractivity contribution in [2.24, 2.45) is 10.9 Å². The largest absolute Gasteiger partial charge is 0.409 e. The highest BCUT2D eigenvalue weighted by Gasteiger charge is 2.16. The summed E-state index contributed by atoms with van der Waals surface area (Å²) in [6.07, 6.45) is 5.43. The molecule has 17 heavy (non-hydrogen) atoms. The molecule has 0 amide bonds. The molecule has 0 spiro atoms. The third-order valence-electron chi connectivity index (χ3n) is 3.37. The molecule has 0 radical (unpaired) electrons. The highest BCUT2D eigenvalue weighted by atomic mass is 16.4. The molecule has 4 N–H and O–H groups in total. The van der Waals surface area contributed by atoms with E-state index in [2.05, 4.69) is 22.3 Å². The van der Waals surface area contributed by atoms with Crippen LogP contribution in [0.3, 0.4) is 0 Å². The van der Waals surface area contributed by atoms with Crippen LogP contribution in [0, 0.1) is 0 Å². The molecule has 1 rings (SSSR count). The van der Waals surface area contributed by atoms with Gasteiger partial charge in [0.2, 0.25) is 0 Å². The molecule has 0 aliphatic carbocycles. The number of nitrogens with two attached hydrogens (primary N) is 1. The van der Waals surface area contributed by atoms with Crippen molar-refractivity contribution < 1.29 is 5.21 Å². The smallest absolute Gasteiger partial charge is 0.139 e. The van der Waals surface area contributed by atoms with Crippen molar-refractivity contribution in [1.29, 1.82) is 0 Å². The van der Waals surface area contributed by atoms with Crippen LogP contribution in [0.15, 0.2) is 5.16 Å². The van der Waals surface area contributed by atoms with Crippen LogP contribution in [-0.4, -0.2) is 48.2 Å². The van der Waals surface area contributed by atoms with Crippen LogP contribution in [-0.2, 0) is 0 Å². The molecule has 0 aromatic heterocycles. The van der Waals surface area contributed by atoms with Gasteiger partial charge in [-0.3, -0.25) is 4.90 Å². The summed E-state index contributed by atoms with van der Waals surface area (Å²) in [5, 5.41) is 14.8. The van der Waals surface area contributed by atoms with Gasteiger partial charge in [-0.25, -0.2) is 0 Å². The maximum atomic E-state index is 8.37. The lowest BCUT2D eigenvalue weighted by molar-refractivity contribution is 0.252. The topological polar surface area (TPSA) is 73.9 Å². The van der Waals surface area contributed by atoms with Gasteiger partial charge < -0.3 is 16.3 Å². The predicted octanol–water partition coefficient (Wildman–Crippen LogP) is 0.977. The number of unbranched alkanes of at least 4 members (excludes halogenated alkanes) is 1. The lowest BCUT2D eigenvalue weighted by Gasteiger charge is -2.23. The Morgan fingerprint density at radius 3 is 2.76 bits per heavy atom. The maximum Gasteiger partial charge on any atom is 0.139 e. The molecule has 1 saturated heterocycles. The van der Waals surface area contributed by atoms with E-state index in [1.165, 1.54) is 25.9 Å². The van der Waals surface area contributed by atoms with Crippen molar-refractivity contribution >= 4 is 5.84 Å². The second kappa shape index (κ2) is 8.31. The van der Waals surface area contributed by atoms with E-state index in [9.17, 15) is 0 Å². The first-order valence-corrected chi connectivity index (χ1v) is 6.65. The van der Waals surface area contributed by atoms with Crippen LogP contribution >= 0.6 is 0 Å². The van der Waals surface area contributed by atoms with E-state index in [0.29, 0.717) is 18.3 Å². The third kappa shape index (κ3) is 5.89. The molecule has 1 fully saturated rings. The van der Waals surface area contributed by atoms with Crippen molar-refractivity contribution in [3.63, 3.8) is 0 Å². The van der Waals surface area contributed by atoms with Crippen LogP contribution in [0.25, 0.3) is 0 Å². The van der Waals surface area contributed by atoms with Gasteiger partial charge in [-0.15, -0.1) is 0 Å². The van der Waals surface area contributed by atoms with Crippen LogP contribution in [0.1, 0.15) is 39.0 Å². The number of rotatable bonds is 8. The average Bonchev–Trinajstić information content (AvgIpc) is 2.86. The van der Waals surface area contributed by atoms with Crippen molar-refractivity contribution in [1.82, 2.24) is 10.2 Å². The summed E-state index contributed by atoms with van der Waals surface area (Å²) in [4.78, 5) is 2.55. The highest BCUT2D eigenvalue weighted by Crippen LogP contribution is 2.10. The zero-order valence-corrected chi connectivity index (χ0v) is 10.9. The van der Waals surface area contributed by atoms with Gasteiger partial charge in [-0.2, -0.15) is 0 Å². The first-order valence-electron chi connectivity index (χ1n) is 6.65. The van der Waals surface area contributed by atoms with E-state index >= 15 is 0 Å². The van der Waals surface area contributed by atoms with Gasteiger partial charge >= 0.3 is 0 Å². The van der Waals surface area contributed by atoms with Crippen LogP contribution in [0.2, 0.25) is 0 Å². The Morgan fingerprint density at radius 1 is 1.41 bits per heavy atom. The first kappa shape index (κ1) is 14.3. The third-order valence-corrected chi connectivity index (χ3v) is 3.37. The predicted molar refractivity (Wildman–Crippen MR) is 70.4 cm³/mol. The fourth-order valence-corrected chi connectivity index (χ4v) is 2.23. The van der Waals surface area contributed by atoms with E-state index in [-0.39, 0.29) is 0 Å². The first-order chi connectivity index (χ1) is 8.24. The summed E-state index contributed by atoms with van der Waals surface area (Å²) in [5.41, 5.74) is 5.39. The quantitative estimate of drug-likeness (QED) is 0.195. The zero-order chi connectivity index (χ0) is 12.5. The van der Waals surface area contributed by atoms with Gasteiger partial charge in [0.25, 0.3) is 0 Å². The Kier molecular flexibility index (Phi) is 6.96. The molecular formula is C12H26N4O. The van der Waals surface area contributed by atoms with Gasteiger partial charge in [-0.1, -0.05) is 5.16 Å². The normalized spacial score (nSPS) is 19.7. The highest BCUT2D eigenvalue weighted by molar-refractivity contribution is 5.79.